The molecular weight excluding hydrogens is 210 g/mol. The van der Waals surface area contributed by atoms with E-state index in [0.717, 1.165) is 44.6 Å². The smallest absolute Gasteiger partial charge is 0.0361 e. The van der Waals surface area contributed by atoms with E-state index in [9.17, 15) is 0 Å². The lowest BCUT2D eigenvalue weighted by Crippen LogP contribution is -2.56. The van der Waals surface area contributed by atoms with E-state index in [-0.39, 0.29) is 0 Å². The number of likely N-dealkylation sites (N-methyl/N-ethyl adjacent to an activating group) is 1. The number of hydrogen-bond acceptors (Lipinski definition) is 3. The molecule has 0 heterocycles. The first-order valence-corrected chi connectivity index (χ1v) is 7.44. The third kappa shape index (κ3) is 3.01. The van der Waals surface area contributed by atoms with Crippen molar-refractivity contribution in [3.8, 4) is 0 Å². The molecule has 2 aliphatic rings. The highest BCUT2D eigenvalue weighted by molar-refractivity contribution is 5.10. The minimum absolute atomic E-state index is 0.299. The fraction of sp³-hybridized carbons (Fsp3) is 1.00. The molecule has 2 aliphatic carbocycles. The Hall–Kier alpha value is -0.120. The zero-order chi connectivity index (χ0) is 12.3. The van der Waals surface area contributed by atoms with Gasteiger partial charge in [0.2, 0.25) is 0 Å². The summed E-state index contributed by atoms with van der Waals surface area (Å²) in [6.07, 6.45) is 5.58. The highest BCUT2D eigenvalue weighted by Gasteiger charge is 2.52. The molecule has 0 radical (unpaired) electrons. The zero-order valence-corrected chi connectivity index (χ0v) is 11.5. The number of nitrogens with two attached hydrogens (primary N) is 1. The van der Waals surface area contributed by atoms with Crippen molar-refractivity contribution in [2.75, 3.05) is 32.7 Å². The monoisotopic (exact) mass is 239 g/mol. The summed E-state index contributed by atoms with van der Waals surface area (Å²) in [6.45, 7) is 9.88. The average molecular weight is 239 g/mol. The van der Waals surface area contributed by atoms with Crippen LogP contribution in [-0.2, 0) is 0 Å². The summed E-state index contributed by atoms with van der Waals surface area (Å²) >= 11 is 0. The van der Waals surface area contributed by atoms with Gasteiger partial charge in [-0.3, -0.25) is 0 Å². The number of nitrogens with one attached hydrogen (secondary N) is 1. The van der Waals surface area contributed by atoms with Crippen LogP contribution in [0, 0.1) is 11.8 Å². The van der Waals surface area contributed by atoms with Crippen LogP contribution < -0.4 is 11.1 Å². The second kappa shape index (κ2) is 5.68. The van der Waals surface area contributed by atoms with Crippen LogP contribution in [0.2, 0.25) is 0 Å². The fourth-order valence-corrected chi connectivity index (χ4v) is 3.21. The van der Waals surface area contributed by atoms with Crippen molar-refractivity contribution in [2.24, 2.45) is 17.6 Å². The molecule has 0 saturated heterocycles. The quantitative estimate of drug-likeness (QED) is 0.640. The van der Waals surface area contributed by atoms with Gasteiger partial charge in [0.1, 0.15) is 0 Å². The molecule has 3 heteroatoms. The van der Waals surface area contributed by atoms with Gasteiger partial charge in [0.25, 0.3) is 0 Å². The first-order chi connectivity index (χ1) is 8.26. The van der Waals surface area contributed by atoms with Crippen LogP contribution in [0.15, 0.2) is 0 Å². The van der Waals surface area contributed by atoms with Gasteiger partial charge >= 0.3 is 0 Å². The van der Waals surface area contributed by atoms with Gasteiger partial charge in [0, 0.05) is 25.2 Å². The first-order valence-electron chi connectivity index (χ1n) is 7.44. The van der Waals surface area contributed by atoms with Gasteiger partial charge < -0.3 is 16.0 Å². The van der Waals surface area contributed by atoms with E-state index in [1.54, 1.807) is 0 Å². The standard InChI is InChI=1S/C14H29N3/c1-3-17(4-2)10-9-16-14(11-15,12-5-6-12)13-7-8-13/h12-13,16H,3-11,15H2,1-2H3. The summed E-state index contributed by atoms with van der Waals surface area (Å²) in [5.74, 6) is 1.74. The van der Waals surface area contributed by atoms with Crippen molar-refractivity contribution in [2.45, 2.75) is 45.1 Å². The minimum Gasteiger partial charge on any atom is -0.329 e. The SMILES string of the molecule is CCN(CC)CCNC(CN)(C1CC1)C1CC1. The van der Waals surface area contributed by atoms with Crippen molar-refractivity contribution >= 4 is 0 Å². The zero-order valence-electron chi connectivity index (χ0n) is 11.5. The van der Waals surface area contributed by atoms with Gasteiger partial charge in [-0.25, -0.2) is 0 Å². The Morgan fingerprint density at radius 3 is 2.00 bits per heavy atom. The lowest BCUT2D eigenvalue weighted by Gasteiger charge is -2.35. The Bertz CT molecular complexity index is 218. The van der Waals surface area contributed by atoms with E-state index in [1.165, 1.54) is 25.7 Å². The maximum absolute atomic E-state index is 6.10. The van der Waals surface area contributed by atoms with Gasteiger partial charge in [-0.1, -0.05) is 13.8 Å². The lowest BCUT2D eigenvalue weighted by atomic mass is 9.87. The van der Waals surface area contributed by atoms with E-state index in [4.69, 9.17) is 5.73 Å². The molecule has 0 atom stereocenters. The van der Waals surface area contributed by atoms with Gasteiger partial charge in [0.15, 0.2) is 0 Å². The molecule has 3 nitrogen and oxygen atoms in total. The van der Waals surface area contributed by atoms with Gasteiger partial charge in [-0.15, -0.1) is 0 Å². The second-order valence-electron chi connectivity index (χ2n) is 5.75. The highest BCUT2D eigenvalue weighted by atomic mass is 15.1. The van der Waals surface area contributed by atoms with E-state index in [1.807, 2.05) is 0 Å². The summed E-state index contributed by atoms with van der Waals surface area (Å²) in [6, 6.07) is 0. The van der Waals surface area contributed by atoms with Crippen LogP contribution in [0.4, 0.5) is 0 Å². The Kier molecular flexibility index (Phi) is 4.45. The normalized spacial score (nSPS) is 21.2. The predicted molar refractivity (Wildman–Crippen MR) is 73.0 cm³/mol. The molecule has 2 rings (SSSR count). The maximum atomic E-state index is 6.10. The van der Waals surface area contributed by atoms with Crippen LogP contribution in [-0.4, -0.2) is 43.2 Å². The average Bonchev–Trinajstić information content (AvgIpc) is 3.19. The van der Waals surface area contributed by atoms with E-state index < -0.39 is 0 Å². The summed E-state index contributed by atoms with van der Waals surface area (Å²) in [4.78, 5) is 2.48. The maximum Gasteiger partial charge on any atom is 0.0361 e. The molecule has 0 aliphatic heterocycles. The Morgan fingerprint density at radius 2 is 1.65 bits per heavy atom. The number of nitrogens with zero attached hydrogens (tertiary/aromatic N) is 1. The summed E-state index contributed by atoms with van der Waals surface area (Å²) in [7, 11) is 0. The molecule has 2 saturated carbocycles. The lowest BCUT2D eigenvalue weighted by molar-refractivity contribution is 0.224. The molecule has 17 heavy (non-hydrogen) atoms. The predicted octanol–water partition coefficient (Wildman–Crippen LogP) is 1.44. The summed E-state index contributed by atoms with van der Waals surface area (Å²) in [5, 5.41) is 3.84. The molecule has 0 aromatic rings. The van der Waals surface area contributed by atoms with Crippen molar-refractivity contribution < 1.29 is 0 Å². The van der Waals surface area contributed by atoms with E-state index in [2.05, 4.69) is 24.1 Å². The van der Waals surface area contributed by atoms with Crippen molar-refractivity contribution in [3.05, 3.63) is 0 Å². The van der Waals surface area contributed by atoms with Crippen molar-refractivity contribution in [3.63, 3.8) is 0 Å². The van der Waals surface area contributed by atoms with Crippen LogP contribution in [0.3, 0.4) is 0 Å². The molecule has 0 aromatic carbocycles. The largest absolute Gasteiger partial charge is 0.329 e. The van der Waals surface area contributed by atoms with Gasteiger partial charge in [-0.2, -0.15) is 0 Å². The Labute approximate surface area is 106 Å². The molecule has 0 bridgehead atoms. The molecular formula is C14H29N3. The number of rotatable bonds is 9. The molecule has 0 aromatic heterocycles. The van der Waals surface area contributed by atoms with Crippen molar-refractivity contribution in [1.29, 1.82) is 0 Å². The molecule has 0 spiro atoms. The van der Waals surface area contributed by atoms with Crippen LogP contribution in [0.5, 0.6) is 0 Å². The van der Waals surface area contributed by atoms with E-state index in [0.29, 0.717) is 5.54 Å². The number of hydrogen-bond donors (Lipinski definition) is 2. The van der Waals surface area contributed by atoms with E-state index >= 15 is 0 Å². The van der Waals surface area contributed by atoms with Crippen molar-refractivity contribution in [1.82, 2.24) is 10.2 Å². The minimum atomic E-state index is 0.299. The van der Waals surface area contributed by atoms with Gasteiger partial charge in [-0.05, 0) is 50.6 Å². The molecule has 3 N–H and O–H groups in total. The Morgan fingerprint density at radius 1 is 1.12 bits per heavy atom. The fourth-order valence-electron chi connectivity index (χ4n) is 3.21. The van der Waals surface area contributed by atoms with Gasteiger partial charge in [0.05, 0.1) is 0 Å². The summed E-state index contributed by atoms with van der Waals surface area (Å²) in [5.41, 5.74) is 6.39. The second-order valence-corrected chi connectivity index (χ2v) is 5.75. The summed E-state index contributed by atoms with van der Waals surface area (Å²) < 4.78 is 0. The Balaban J connectivity index is 1.81. The molecule has 2 fully saturated rings. The molecule has 100 valence electrons. The third-order valence-electron chi connectivity index (χ3n) is 4.73. The van der Waals surface area contributed by atoms with Crippen LogP contribution >= 0.6 is 0 Å². The highest BCUT2D eigenvalue weighted by Crippen LogP contribution is 2.51. The topological polar surface area (TPSA) is 41.3 Å². The van der Waals surface area contributed by atoms with Crippen LogP contribution in [0.1, 0.15) is 39.5 Å². The van der Waals surface area contributed by atoms with Crippen LogP contribution in [0.25, 0.3) is 0 Å². The first kappa shape index (κ1) is 13.3. The molecule has 0 amide bonds. The third-order valence-corrected chi connectivity index (χ3v) is 4.73. The molecule has 0 unspecified atom stereocenters.